The zero-order valence-electron chi connectivity index (χ0n) is 9.99. The number of rotatable bonds is 4. The van der Waals surface area contributed by atoms with Gasteiger partial charge in [-0.25, -0.2) is 14.8 Å². The zero-order valence-corrected chi connectivity index (χ0v) is 9.99. The van der Waals surface area contributed by atoms with Gasteiger partial charge in [-0.1, -0.05) is 13.8 Å². The van der Waals surface area contributed by atoms with Gasteiger partial charge in [0.25, 0.3) is 5.91 Å². The van der Waals surface area contributed by atoms with Crippen LogP contribution in [-0.2, 0) is 4.79 Å². The monoisotopic (exact) mass is 237 g/mol. The van der Waals surface area contributed by atoms with Gasteiger partial charge in [0.2, 0.25) is 0 Å². The first kappa shape index (κ1) is 13.1. The Morgan fingerprint density at radius 3 is 2.47 bits per heavy atom. The molecule has 1 unspecified atom stereocenters. The lowest BCUT2D eigenvalue weighted by Crippen LogP contribution is -2.45. The highest BCUT2D eigenvalue weighted by atomic mass is 16.4. The molecule has 1 amide bonds. The van der Waals surface area contributed by atoms with Crippen molar-refractivity contribution in [2.75, 3.05) is 7.05 Å². The maximum atomic E-state index is 12.0. The van der Waals surface area contributed by atoms with Gasteiger partial charge in [0.15, 0.2) is 0 Å². The summed E-state index contributed by atoms with van der Waals surface area (Å²) in [5, 5.41) is 9.08. The Hall–Kier alpha value is -1.98. The predicted octanol–water partition coefficient (Wildman–Crippen LogP) is 0.658. The summed E-state index contributed by atoms with van der Waals surface area (Å²) in [4.78, 5) is 31.8. The van der Waals surface area contributed by atoms with Crippen LogP contribution in [0.4, 0.5) is 0 Å². The highest BCUT2D eigenvalue weighted by Crippen LogP contribution is 2.12. The maximum Gasteiger partial charge on any atom is 0.326 e. The molecule has 0 aliphatic carbocycles. The average molecular weight is 237 g/mol. The van der Waals surface area contributed by atoms with Gasteiger partial charge < -0.3 is 10.0 Å². The number of carbonyl (C=O) groups is 2. The number of likely N-dealkylation sites (N-methyl/N-ethyl adjacent to an activating group) is 1. The van der Waals surface area contributed by atoms with E-state index in [0.717, 1.165) is 0 Å². The van der Waals surface area contributed by atoms with E-state index in [4.69, 9.17) is 5.11 Å². The summed E-state index contributed by atoms with van der Waals surface area (Å²) in [5.74, 6) is -1.62. The van der Waals surface area contributed by atoms with Gasteiger partial charge in [-0.3, -0.25) is 4.79 Å². The zero-order chi connectivity index (χ0) is 13.0. The van der Waals surface area contributed by atoms with Gasteiger partial charge in [0.1, 0.15) is 18.1 Å². The molecule has 1 rings (SSSR count). The van der Waals surface area contributed by atoms with E-state index < -0.39 is 17.9 Å². The minimum absolute atomic E-state index is 0.178. The minimum atomic E-state index is -1.02. The molecule has 6 heteroatoms. The first-order chi connectivity index (χ1) is 7.95. The Morgan fingerprint density at radius 1 is 1.41 bits per heavy atom. The molecule has 1 atom stereocenters. The third kappa shape index (κ3) is 2.99. The molecule has 1 heterocycles. The van der Waals surface area contributed by atoms with Gasteiger partial charge >= 0.3 is 5.97 Å². The summed E-state index contributed by atoms with van der Waals surface area (Å²) in [6.07, 6.45) is 2.70. The van der Waals surface area contributed by atoms with Gasteiger partial charge in [-0.05, 0) is 12.0 Å². The Morgan fingerprint density at radius 2 is 2.06 bits per heavy atom. The lowest BCUT2D eigenvalue weighted by Gasteiger charge is -2.27. The van der Waals surface area contributed by atoms with Crippen molar-refractivity contribution in [3.63, 3.8) is 0 Å². The molecular weight excluding hydrogens is 222 g/mol. The molecule has 1 aromatic heterocycles. The first-order valence-electron chi connectivity index (χ1n) is 5.21. The molecule has 0 aliphatic rings. The Bertz CT molecular complexity index is 406. The SMILES string of the molecule is CC(C)C(C(=O)O)N(C)C(=O)c1ccncn1. The van der Waals surface area contributed by atoms with Crippen LogP contribution in [0.25, 0.3) is 0 Å². The van der Waals surface area contributed by atoms with Crippen molar-refractivity contribution in [3.8, 4) is 0 Å². The summed E-state index contributed by atoms with van der Waals surface area (Å²) in [7, 11) is 1.46. The predicted molar refractivity (Wildman–Crippen MR) is 60.4 cm³/mol. The van der Waals surface area contributed by atoms with Crippen LogP contribution in [0, 0.1) is 5.92 Å². The van der Waals surface area contributed by atoms with E-state index in [1.165, 1.54) is 30.5 Å². The Kier molecular flexibility index (Phi) is 4.14. The molecular formula is C11H15N3O3. The summed E-state index contributed by atoms with van der Waals surface area (Å²) in [6.45, 7) is 3.51. The van der Waals surface area contributed by atoms with E-state index in [9.17, 15) is 9.59 Å². The van der Waals surface area contributed by atoms with Crippen LogP contribution < -0.4 is 0 Å². The number of amides is 1. The summed E-state index contributed by atoms with van der Waals surface area (Å²) >= 11 is 0. The number of hydrogen-bond donors (Lipinski definition) is 1. The molecule has 17 heavy (non-hydrogen) atoms. The molecule has 0 saturated heterocycles. The topological polar surface area (TPSA) is 83.4 Å². The second kappa shape index (κ2) is 5.38. The fraction of sp³-hybridized carbons (Fsp3) is 0.455. The van der Waals surface area contributed by atoms with E-state index in [1.807, 2.05) is 0 Å². The van der Waals surface area contributed by atoms with Gasteiger partial charge in [-0.2, -0.15) is 0 Å². The van der Waals surface area contributed by atoms with Crippen LogP contribution in [-0.4, -0.2) is 44.9 Å². The third-order valence-electron chi connectivity index (χ3n) is 2.42. The smallest absolute Gasteiger partial charge is 0.326 e. The van der Waals surface area contributed by atoms with Crippen LogP contribution >= 0.6 is 0 Å². The van der Waals surface area contributed by atoms with E-state index in [0.29, 0.717) is 0 Å². The molecule has 0 radical (unpaired) electrons. The number of nitrogens with zero attached hydrogens (tertiary/aromatic N) is 3. The lowest BCUT2D eigenvalue weighted by molar-refractivity contribution is -0.143. The van der Waals surface area contributed by atoms with Crippen LogP contribution in [0.5, 0.6) is 0 Å². The molecule has 0 aromatic carbocycles. The fourth-order valence-electron chi connectivity index (χ4n) is 1.62. The molecule has 0 saturated carbocycles. The van der Waals surface area contributed by atoms with Crippen molar-refractivity contribution in [2.45, 2.75) is 19.9 Å². The van der Waals surface area contributed by atoms with E-state index in [2.05, 4.69) is 9.97 Å². The van der Waals surface area contributed by atoms with Gasteiger partial charge in [-0.15, -0.1) is 0 Å². The molecule has 0 aliphatic heterocycles. The number of carbonyl (C=O) groups excluding carboxylic acids is 1. The highest BCUT2D eigenvalue weighted by Gasteiger charge is 2.30. The quantitative estimate of drug-likeness (QED) is 0.831. The number of aliphatic carboxylic acids is 1. The number of carboxylic acid groups (broad SMARTS) is 1. The van der Waals surface area contributed by atoms with Crippen molar-refractivity contribution in [2.24, 2.45) is 5.92 Å². The van der Waals surface area contributed by atoms with Gasteiger partial charge in [0.05, 0.1) is 0 Å². The molecule has 0 fully saturated rings. The molecule has 6 nitrogen and oxygen atoms in total. The van der Waals surface area contributed by atoms with Crippen LogP contribution in [0.3, 0.4) is 0 Å². The van der Waals surface area contributed by atoms with Gasteiger partial charge in [0, 0.05) is 13.2 Å². The number of carboxylic acids is 1. The fourth-order valence-corrected chi connectivity index (χ4v) is 1.62. The van der Waals surface area contributed by atoms with Crippen molar-refractivity contribution < 1.29 is 14.7 Å². The Labute approximate surface area is 99.3 Å². The summed E-state index contributed by atoms with van der Waals surface area (Å²) in [5.41, 5.74) is 0.189. The highest BCUT2D eigenvalue weighted by molar-refractivity contribution is 5.94. The Balaban J connectivity index is 2.92. The number of aromatic nitrogens is 2. The lowest BCUT2D eigenvalue weighted by atomic mass is 10.0. The van der Waals surface area contributed by atoms with E-state index >= 15 is 0 Å². The van der Waals surface area contributed by atoms with Crippen LogP contribution in [0.1, 0.15) is 24.3 Å². The normalized spacial score (nSPS) is 12.2. The summed E-state index contributed by atoms with van der Waals surface area (Å²) < 4.78 is 0. The second-order valence-corrected chi connectivity index (χ2v) is 4.04. The molecule has 1 aromatic rings. The van der Waals surface area contributed by atoms with Crippen LogP contribution in [0.2, 0.25) is 0 Å². The van der Waals surface area contributed by atoms with E-state index in [-0.39, 0.29) is 11.6 Å². The third-order valence-corrected chi connectivity index (χ3v) is 2.42. The first-order valence-corrected chi connectivity index (χ1v) is 5.21. The summed E-state index contributed by atoms with van der Waals surface area (Å²) in [6, 6.07) is 0.593. The average Bonchev–Trinajstić information content (AvgIpc) is 2.28. The molecule has 0 spiro atoms. The van der Waals surface area contributed by atoms with Crippen molar-refractivity contribution in [1.82, 2.24) is 14.9 Å². The second-order valence-electron chi connectivity index (χ2n) is 4.04. The standard InChI is InChI=1S/C11H15N3O3/c1-7(2)9(11(16)17)14(3)10(15)8-4-5-12-6-13-8/h4-7,9H,1-3H3,(H,16,17). The number of hydrogen-bond acceptors (Lipinski definition) is 4. The van der Waals surface area contributed by atoms with Crippen molar-refractivity contribution in [3.05, 3.63) is 24.3 Å². The van der Waals surface area contributed by atoms with Crippen LogP contribution in [0.15, 0.2) is 18.6 Å². The van der Waals surface area contributed by atoms with E-state index in [1.54, 1.807) is 13.8 Å². The molecule has 0 bridgehead atoms. The maximum absolute atomic E-state index is 12.0. The van der Waals surface area contributed by atoms with Crippen molar-refractivity contribution >= 4 is 11.9 Å². The van der Waals surface area contributed by atoms with Crippen molar-refractivity contribution in [1.29, 1.82) is 0 Å². The minimum Gasteiger partial charge on any atom is -0.480 e. The largest absolute Gasteiger partial charge is 0.480 e. The molecule has 92 valence electrons. The molecule has 1 N–H and O–H groups in total.